The zero-order valence-corrected chi connectivity index (χ0v) is 12.4. The number of hydrogen-bond donors (Lipinski definition) is 1. The fourth-order valence-corrected chi connectivity index (χ4v) is 3.56. The lowest BCUT2D eigenvalue weighted by Crippen LogP contribution is -2.10. The zero-order chi connectivity index (χ0) is 15.4. The molecule has 1 N–H and O–H groups in total. The van der Waals surface area contributed by atoms with Crippen LogP contribution >= 0.6 is 0 Å². The Hall–Kier alpha value is -2.84. The third kappa shape index (κ3) is 1.73. The fourth-order valence-electron chi connectivity index (χ4n) is 3.56. The van der Waals surface area contributed by atoms with Gasteiger partial charge in [0, 0.05) is 11.1 Å². The molecule has 2 heteroatoms. The number of rotatable bonds is 0. The van der Waals surface area contributed by atoms with Crippen LogP contribution < -0.4 is 4.74 Å². The quantitative estimate of drug-likeness (QED) is 0.484. The molecule has 0 aliphatic carbocycles. The maximum atomic E-state index is 11.1. The second-order valence-corrected chi connectivity index (χ2v) is 5.90. The molecule has 0 fully saturated rings. The van der Waals surface area contributed by atoms with Crippen LogP contribution in [0.25, 0.3) is 21.5 Å². The van der Waals surface area contributed by atoms with E-state index in [1.807, 2.05) is 60.7 Å². The second kappa shape index (κ2) is 4.58. The van der Waals surface area contributed by atoms with Gasteiger partial charge >= 0.3 is 0 Å². The van der Waals surface area contributed by atoms with E-state index in [0.717, 1.165) is 44.2 Å². The number of benzene rings is 4. The van der Waals surface area contributed by atoms with Gasteiger partial charge in [0.25, 0.3) is 0 Å². The largest absolute Gasteiger partial charge is 0.457 e. The highest BCUT2D eigenvalue weighted by molar-refractivity contribution is 5.93. The van der Waals surface area contributed by atoms with Gasteiger partial charge in [0.05, 0.1) is 0 Å². The standard InChI is InChI=1S/C21H14O2/c22-21-19-15-7-3-1-5-13(15)9-11-17(19)23-18-12-10-14-6-2-4-8-16(14)20(18)21/h1-12,21-22H. The van der Waals surface area contributed by atoms with Crippen molar-refractivity contribution in [3.05, 3.63) is 83.9 Å². The molecule has 5 rings (SSSR count). The molecule has 0 unspecified atom stereocenters. The minimum absolute atomic E-state index is 0.689. The van der Waals surface area contributed by atoms with Crippen molar-refractivity contribution >= 4 is 21.5 Å². The molecule has 0 amide bonds. The van der Waals surface area contributed by atoms with Crippen LogP contribution in [-0.2, 0) is 0 Å². The average Bonchev–Trinajstić information content (AvgIpc) is 2.61. The predicted molar refractivity (Wildman–Crippen MR) is 92.0 cm³/mol. The second-order valence-electron chi connectivity index (χ2n) is 5.90. The summed E-state index contributed by atoms with van der Waals surface area (Å²) in [6.45, 7) is 0. The minimum atomic E-state index is -0.689. The SMILES string of the molecule is OC1c2c(ccc3ccccc23)Oc2ccc3ccccc3c21. The lowest BCUT2D eigenvalue weighted by atomic mass is 9.89. The van der Waals surface area contributed by atoms with E-state index in [9.17, 15) is 5.11 Å². The van der Waals surface area contributed by atoms with Crippen molar-refractivity contribution in [2.24, 2.45) is 0 Å². The van der Waals surface area contributed by atoms with Crippen LogP contribution in [0.1, 0.15) is 17.2 Å². The monoisotopic (exact) mass is 298 g/mol. The topological polar surface area (TPSA) is 29.5 Å². The summed E-state index contributed by atoms with van der Waals surface area (Å²) in [7, 11) is 0. The van der Waals surface area contributed by atoms with Crippen molar-refractivity contribution in [2.45, 2.75) is 6.10 Å². The van der Waals surface area contributed by atoms with E-state index in [1.54, 1.807) is 0 Å². The lowest BCUT2D eigenvalue weighted by molar-refractivity contribution is 0.206. The van der Waals surface area contributed by atoms with Gasteiger partial charge in [-0.3, -0.25) is 0 Å². The van der Waals surface area contributed by atoms with Gasteiger partial charge in [-0.1, -0.05) is 60.7 Å². The summed E-state index contributed by atoms with van der Waals surface area (Å²) in [6.07, 6.45) is -0.689. The van der Waals surface area contributed by atoms with E-state index in [1.165, 1.54) is 0 Å². The van der Waals surface area contributed by atoms with Gasteiger partial charge in [0.2, 0.25) is 0 Å². The fraction of sp³-hybridized carbons (Fsp3) is 0.0476. The Kier molecular flexibility index (Phi) is 2.52. The molecule has 1 heterocycles. The first kappa shape index (κ1) is 12.7. The van der Waals surface area contributed by atoms with Crippen LogP contribution in [0, 0.1) is 0 Å². The Balaban J connectivity index is 1.86. The molecular formula is C21H14O2. The smallest absolute Gasteiger partial charge is 0.134 e. The molecule has 0 bridgehead atoms. The van der Waals surface area contributed by atoms with Gasteiger partial charge in [-0.25, -0.2) is 0 Å². The molecule has 4 aromatic rings. The van der Waals surface area contributed by atoms with Gasteiger partial charge in [-0.2, -0.15) is 0 Å². The van der Waals surface area contributed by atoms with Crippen LogP contribution in [-0.4, -0.2) is 5.11 Å². The third-order valence-electron chi connectivity index (χ3n) is 4.63. The van der Waals surface area contributed by atoms with Crippen molar-refractivity contribution in [3.8, 4) is 11.5 Å². The molecule has 4 aromatic carbocycles. The molecule has 110 valence electrons. The first-order chi connectivity index (χ1) is 11.3. The highest BCUT2D eigenvalue weighted by Crippen LogP contribution is 2.48. The summed E-state index contributed by atoms with van der Waals surface area (Å²) < 4.78 is 6.10. The van der Waals surface area contributed by atoms with Gasteiger partial charge in [0.15, 0.2) is 0 Å². The maximum absolute atomic E-state index is 11.1. The molecule has 0 saturated carbocycles. The van der Waals surface area contributed by atoms with Crippen molar-refractivity contribution in [1.29, 1.82) is 0 Å². The predicted octanol–water partition coefficient (Wildman–Crippen LogP) is 5.18. The molecule has 1 aliphatic rings. The summed E-state index contributed by atoms with van der Waals surface area (Å²) >= 11 is 0. The average molecular weight is 298 g/mol. The van der Waals surface area contributed by atoms with E-state index in [2.05, 4.69) is 12.1 Å². The Bertz CT molecular complexity index is 981. The number of ether oxygens (including phenoxy) is 1. The number of aliphatic hydroxyl groups is 1. The van der Waals surface area contributed by atoms with Crippen molar-refractivity contribution in [1.82, 2.24) is 0 Å². The molecule has 0 spiro atoms. The van der Waals surface area contributed by atoms with E-state index >= 15 is 0 Å². The molecule has 0 atom stereocenters. The molecule has 0 saturated heterocycles. The first-order valence-corrected chi connectivity index (χ1v) is 7.72. The zero-order valence-electron chi connectivity index (χ0n) is 12.4. The highest BCUT2D eigenvalue weighted by atomic mass is 16.5. The van der Waals surface area contributed by atoms with Crippen LogP contribution in [0.2, 0.25) is 0 Å². The van der Waals surface area contributed by atoms with E-state index in [-0.39, 0.29) is 0 Å². The molecule has 0 aromatic heterocycles. The van der Waals surface area contributed by atoms with Gasteiger partial charge in [0.1, 0.15) is 17.6 Å². The number of fused-ring (bicyclic) bond motifs is 6. The molecule has 0 radical (unpaired) electrons. The summed E-state index contributed by atoms with van der Waals surface area (Å²) in [6, 6.07) is 24.2. The van der Waals surface area contributed by atoms with Crippen molar-refractivity contribution in [3.63, 3.8) is 0 Å². The molecule has 1 aliphatic heterocycles. The van der Waals surface area contributed by atoms with E-state index in [0.29, 0.717) is 0 Å². The Labute approximate surface area is 133 Å². The lowest BCUT2D eigenvalue weighted by Gasteiger charge is -2.27. The highest BCUT2D eigenvalue weighted by Gasteiger charge is 2.29. The Morgan fingerprint density at radius 3 is 1.61 bits per heavy atom. The van der Waals surface area contributed by atoms with E-state index < -0.39 is 6.10 Å². The molecule has 23 heavy (non-hydrogen) atoms. The summed E-state index contributed by atoms with van der Waals surface area (Å²) in [4.78, 5) is 0. The summed E-state index contributed by atoms with van der Waals surface area (Å²) in [5, 5.41) is 15.4. The van der Waals surface area contributed by atoms with Crippen LogP contribution in [0.5, 0.6) is 11.5 Å². The van der Waals surface area contributed by atoms with Gasteiger partial charge in [-0.05, 0) is 33.7 Å². The summed E-state index contributed by atoms with van der Waals surface area (Å²) in [5.41, 5.74) is 1.71. The normalized spacial score (nSPS) is 13.6. The van der Waals surface area contributed by atoms with Gasteiger partial charge in [-0.15, -0.1) is 0 Å². The maximum Gasteiger partial charge on any atom is 0.134 e. The van der Waals surface area contributed by atoms with Crippen LogP contribution in [0.4, 0.5) is 0 Å². The van der Waals surface area contributed by atoms with E-state index in [4.69, 9.17) is 4.74 Å². The molecule has 2 nitrogen and oxygen atoms in total. The number of hydrogen-bond acceptors (Lipinski definition) is 2. The van der Waals surface area contributed by atoms with Crippen LogP contribution in [0.15, 0.2) is 72.8 Å². The van der Waals surface area contributed by atoms with Crippen LogP contribution in [0.3, 0.4) is 0 Å². The first-order valence-electron chi connectivity index (χ1n) is 7.72. The Morgan fingerprint density at radius 1 is 0.609 bits per heavy atom. The van der Waals surface area contributed by atoms with Gasteiger partial charge < -0.3 is 9.84 Å². The number of aliphatic hydroxyl groups excluding tert-OH is 1. The van der Waals surface area contributed by atoms with Crippen molar-refractivity contribution in [2.75, 3.05) is 0 Å². The minimum Gasteiger partial charge on any atom is -0.457 e. The summed E-state index contributed by atoms with van der Waals surface area (Å²) in [5.74, 6) is 1.47. The Morgan fingerprint density at radius 2 is 1.09 bits per heavy atom. The third-order valence-corrected chi connectivity index (χ3v) is 4.63. The molecular weight excluding hydrogens is 284 g/mol. The van der Waals surface area contributed by atoms with Crippen molar-refractivity contribution < 1.29 is 9.84 Å².